The van der Waals surface area contributed by atoms with Gasteiger partial charge in [0.2, 0.25) is 10.0 Å². The molecule has 0 radical (unpaired) electrons. The highest BCUT2D eigenvalue weighted by Crippen LogP contribution is 2.29. The number of halogens is 3. The minimum absolute atomic E-state index is 0.0462. The van der Waals surface area contributed by atoms with Crippen LogP contribution in [0.2, 0.25) is 0 Å². The van der Waals surface area contributed by atoms with Gasteiger partial charge in [0.05, 0.1) is 15.3 Å². The Balaban J connectivity index is 1.51. The molecule has 0 unspecified atom stereocenters. The number of Topliss-reactive ketones (excluding diaryl/α,β-unsaturated/α-hetero) is 1. The van der Waals surface area contributed by atoms with E-state index in [-0.39, 0.29) is 17.4 Å². The van der Waals surface area contributed by atoms with Gasteiger partial charge in [0, 0.05) is 19.6 Å². The number of ketones is 1. The smallest absolute Gasteiger partial charge is 0.336 e. The molecule has 0 bridgehead atoms. The first-order valence-corrected chi connectivity index (χ1v) is 11.5. The van der Waals surface area contributed by atoms with Crippen molar-refractivity contribution in [1.82, 2.24) is 9.62 Å². The van der Waals surface area contributed by atoms with Gasteiger partial charge in [-0.25, -0.2) is 13.1 Å². The summed E-state index contributed by atoms with van der Waals surface area (Å²) in [5.74, 6) is -1.16. The Kier molecular flexibility index (Phi) is 6.63. The number of rotatable bonds is 6. The van der Waals surface area contributed by atoms with Gasteiger partial charge in [0.25, 0.3) is 11.7 Å². The Hall–Kier alpha value is -2.24. The number of piperidine rings is 1. The number of hydrogen-bond donors (Lipinski definition) is 1. The normalized spacial score (nSPS) is 15.9. The molecule has 1 amide bonds. The van der Waals surface area contributed by atoms with Crippen LogP contribution in [0.3, 0.4) is 0 Å². The zero-order valence-corrected chi connectivity index (χ0v) is 17.3. The Morgan fingerprint density at radius 3 is 2.27 bits per heavy atom. The molecule has 0 spiro atoms. The van der Waals surface area contributed by atoms with Gasteiger partial charge >= 0.3 is 6.18 Å². The third-order valence-electron chi connectivity index (χ3n) is 4.89. The lowest BCUT2D eigenvalue weighted by Crippen LogP contribution is -2.44. The van der Waals surface area contributed by atoms with Crippen molar-refractivity contribution < 1.29 is 31.2 Å². The number of carbonyl (C=O) groups is 2. The van der Waals surface area contributed by atoms with Crippen LogP contribution in [-0.2, 0) is 21.0 Å². The van der Waals surface area contributed by atoms with Crippen molar-refractivity contribution >= 4 is 33.1 Å². The van der Waals surface area contributed by atoms with Gasteiger partial charge in [0.1, 0.15) is 0 Å². The summed E-state index contributed by atoms with van der Waals surface area (Å²) in [5, 5.41) is 1.72. The number of nitrogens with one attached hydrogen (secondary N) is 1. The van der Waals surface area contributed by atoms with Crippen molar-refractivity contribution in [2.45, 2.75) is 23.9 Å². The predicted octanol–water partition coefficient (Wildman–Crippen LogP) is 3.17. The van der Waals surface area contributed by atoms with E-state index < -0.39 is 33.5 Å². The number of nitrogens with zero attached hydrogens (tertiary/aromatic N) is 1. The van der Waals surface area contributed by atoms with Gasteiger partial charge in [-0.05, 0) is 54.5 Å². The molecular weight excluding hydrogens is 441 g/mol. The molecule has 1 saturated heterocycles. The zero-order chi connectivity index (χ0) is 21.9. The maximum atomic E-state index is 12.6. The summed E-state index contributed by atoms with van der Waals surface area (Å²) >= 11 is 1.20. The fourth-order valence-corrected chi connectivity index (χ4v) is 4.90. The highest BCUT2D eigenvalue weighted by molar-refractivity contribution is 7.89. The maximum absolute atomic E-state index is 12.6. The second kappa shape index (κ2) is 8.86. The van der Waals surface area contributed by atoms with Crippen LogP contribution < -0.4 is 4.72 Å². The van der Waals surface area contributed by atoms with Gasteiger partial charge in [0.15, 0.2) is 0 Å². The number of sulfonamides is 1. The summed E-state index contributed by atoms with van der Waals surface area (Å²) in [7, 11) is -3.95. The Labute approximate surface area is 175 Å². The van der Waals surface area contributed by atoms with Crippen LogP contribution in [0, 0.1) is 5.92 Å². The summed E-state index contributed by atoms with van der Waals surface area (Å²) in [6.07, 6.45) is -3.51. The van der Waals surface area contributed by atoms with E-state index in [4.69, 9.17) is 0 Å². The molecule has 162 valence electrons. The minimum atomic E-state index is -4.54. The number of alkyl halides is 3. The van der Waals surface area contributed by atoms with Crippen molar-refractivity contribution in [2.24, 2.45) is 5.92 Å². The Bertz CT molecular complexity index is 995. The Morgan fingerprint density at radius 1 is 1.10 bits per heavy atom. The second-order valence-corrected chi connectivity index (χ2v) is 9.63. The number of benzene rings is 1. The third-order valence-corrected chi connectivity index (χ3v) is 7.20. The van der Waals surface area contributed by atoms with Crippen LogP contribution in [-0.4, -0.2) is 44.6 Å². The molecule has 1 aromatic heterocycles. The van der Waals surface area contributed by atoms with Gasteiger partial charge in [-0.2, -0.15) is 13.2 Å². The van der Waals surface area contributed by atoms with Crippen LogP contribution in [0.4, 0.5) is 13.2 Å². The summed E-state index contributed by atoms with van der Waals surface area (Å²) < 4.78 is 64.9. The molecule has 1 aliphatic heterocycles. The summed E-state index contributed by atoms with van der Waals surface area (Å²) in [4.78, 5) is 26.0. The van der Waals surface area contributed by atoms with Gasteiger partial charge in [-0.1, -0.05) is 6.07 Å². The monoisotopic (exact) mass is 460 g/mol. The molecule has 30 heavy (non-hydrogen) atoms. The number of hydrogen-bond acceptors (Lipinski definition) is 5. The molecule has 6 nitrogen and oxygen atoms in total. The second-order valence-electron chi connectivity index (χ2n) is 6.92. The molecule has 0 saturated carbocycles. The first-order valence-electron chi connectivity index (χ1n) is 9.12. The van der Waals surface area contributed by atoms with E-state index in [1.54, 1.807) is 17.5 Å². The van der Waals surface area contributed by atoms with Crippen molar-refractivity contribution in [3.8, 4) is 0 Å². The largest absolute Gasteiger partial charge is 0.416 e. The highest BCUT2D eigenvalue weighted by atomic mass is 32.2. The van der Waals surface area contributed by atoms with Crippen LogP contribution in [0.15, 0.2) is 46.7 Å². The minimum Gasteiger partial charge on any atom is -0.336 e. The molecule has 3 rings (SSSR count). The Morgan fingerprint density at radius 2 is 1.73 bits per heavy atom. The van der Waals surface area contributed by atoms with Crippen molar-refractivity contribution in [3.63, 3.8) is 0 Å². The fourth-order valence-electron chi connectivity index (χ4n) is 3.13. The van der Waals surface area contributed by atoms with E-state index in [9.17, 15) is 31.2 Å². The quantitative estimate of drug-likeness (QED) is 0.530. The van der Waals surface area contributed by atoms with Crippen molar-refractivity contribution in [3.05, 3.63) is 52.2 Å². The lowest BCUT2D eigenvalue weighted by atomic mass is 9.97. The molecular formula is C19H19F3N2O4S2. The third kappa shape index (κ3) is 5.27. The van der Waals surface area contributed by atoms with Crippen LogP contribution in [0.1, 0.15) is 28.1 Å². The van der Waals surface area contributed by atoms with E-state index in [1.807, 2.05) is 0 Å². The standard InChI is InChI=1S/C19H19F3N2O4S2/c20-19(21,22)14-3-5-15(6-4-14)30(27,28)23-12-13-7-9-24(10-8-13)18(26)17(25)16-2-1-11-29-16/h1-6,11,13,23H,7-10,12H2. The van der Waals surface area contributed by atoms with Crippen LogP contribution in [0.5, 0.6) is 0 Å². The topological polar surface area (TPSA) is 83.6 Å². The number of likely N-dealkylation sites (tertiary alicyclic amines) is 1. The lowest BCUT2D eigenvalue weighted by Gasteiger charge is -2.31. The summed E-state index contributed by atoms with van der Waals surface area (Å²) in [5.41, 5.74) is -0.921. The molecule has 0 aliphatic carbocycles. The molecule has 2 aromatic rings. The molecule has 1 aliphatic rings. The number of thiophene rings is 1. The summed E-state index contributed by atoms with van der Waals surface area (Å²) in [6, 6.07) is 6.58. The SMILES string of the molecule is O=C(C(=O)N1CCC(CNS(=O)(=O)c2ccc(C(F)(F)F)cc2)CC1)c1cccs1. The lowest BCUT2D eigenvalue weighted by molar-refractivity contribution is -0.137. The van der Waals surface area contributed by atoms with E-state index in [0.717, 1.165) is 24.3 Å². The average molecular weight is 460 g/mol. The molecule has 1 N–H and O–H groups in total. The van der Waals surface area contributed by atoms with Crippen molar-refractivity contribution in [2.75, 3.05) is 19.6 Å². The number of amides is 1. The van der Waals surface area contributed by atoms with Gasteiger partial charge in [-0.3, -0.25) is 9.59 Å². The highest BCUT2D eigenvalue weighted by Gasteiger charge is 2.31. The first-order chi connectivity index (χ1) is 14.1. The molecule has 1 aromatic carbocycles. The zero-order valence-electron chi connectivity index (χ0n) is 15.7. The molecule has 11 heteroatoms. The van der Waals surface area contributed by atoms with Gasteiger partial charge < -0.3 is 4.90 Å². The fraction of sp³-hybridized carbons (Fsp3) is 0.368. The maximum Gasteiger partial charge on any atom is 0.416 e. The molecule has 0 atom stereocenters. The first kappa shape index (κ1) is 22.4. The average Bonchev–Trinajstić information content (AvgIpc) is 3.26. The van der Waals surface area contributed by atoms with E-state index in [0.29, 0.717) is 30.8 Å². The van der Waals surface area contributed by atoms with E-state index in [1.165, 1.54) is 16.2 Å². The van der Waals surface area contributed by atoms with Gasteiger partial charge in [-0.15, -0.1) is 11.3 Å². The predicted molar refractivity (Wildman–Crippen MR) is 105 cm³/mol. The summed E-state index contributed by atoms with van der Waals surface area (Å²) in [6.45, 7) is 0.773. The van der Waals surface area contributed by atoms with Crippen molar-refractivity contribution in [1.29, 1.82) is 0 Å². The van der Waals surface area contributed by atoms with Crippen LogP contribution in [0.25, 0.3) is 0 Å². The van der Waals surface area contributed by atoms with E-state index in [2.05, 4.69) is 4.72 Å². The number of carbonyl (C=O) groups excluding carboxylic acids is 2. The molecule has 1 fully saturated rings. The van der Waals surface area contributed by atoms with E-state index >= 15 is 0 Å². The van der Waals surface area contributed by atoms with Crippen LogP contribution >= 0.6 is 11.3 Å². The molecule has 2 heterocycles.